The third-order valence-corrected chi connectivity index (χ3v) is 3.51. The van der Waals surface area contributed by atoms with Gasteiger partial charge in [-0.1, -0.05) is 42.5 Å². The molecule has 0 radical (unpaired) electrons. The van der Waals surface area contributed by atoms with E-state index in [0.717, 1.165) is 5.56 Å². The van der Waals surface area contributed by atoms with Crippen molar-refractivity contribution in [2.75, 3.05) is 0 Å². The summed E-state index contributed by atoms with van der Waals surface area (Å²) in [6.45, 7) is 2.97. The van der Waals surface area contributed by atoms with Gasteiger partial charge in [-0.25, -0.2) is 4.79 Å². The van der Waals surface area contributed by atoms with Gasteiger partial charge < -0.3 is 4.74 Å². The van der Waals surface area contributed by atoms with Gasteiger partial charge in [-0.2, -0.15) is 0 Å². The van der Waals surface area contributed by atoms with Crippen molar-refractivity contribution >= 4 is 17.5 Å². The molecule has 23 heavy (non-hydrogen) atoms. The summed E-state index contributed by atoms with van der Waals surface area (Å²) in [5.74, 6) is -1.64. The Bertz CT molecular complexity index is 688. The van der Waals surface area contributed by atoms with E-state index in [-0.39, 0.29) is 18.2 Å². The Morgan fingerprint density at radius 2 is 1.43 bits per heavy atom. The molecule has 0 fully saturated rings. The van der Waals surface area contributed by atoms with Gasteiger partial charge >= 0.3 is 5.97 Å². The predicted octanol–water partition coefficient (Wildman–Crippen LogP) is 3.31. The number of benzene rings is 2. The first-order chi connectivity index (χ1) is 11.0. The normalized spacial score (nSPS) is 10.4. The molecule has 0 amide bonds. The van der Waals surface area contributed by atoms with Crippen LogP contribution in [0.25, 0.3) is 0 Å². The van der Waals surface area contributed by atoms with E-state index in [0.29, 0.717) is 11.1 Å². The molecule has 0 saturated carbocycles. The third kappa shape index (κ3) is 4.36. The fraction of sp³-hybridized carbons (Fsp3) is 0.211. The number of hydrogen-bond donors (Lipinski definition) is 0. The van der Waals surface area contributed by atoms with E-state index in [1.54, 1.807) is 24.3 Å². The van der Waals surface area contributed by atoms with E-state index in [2.05, 4.69) is 0 Å². The number of ketones is 2. The summed E-state index contributed by atoms with van der Waals surface area (Å²) in [5, 5.41) is 0. The highest BCUT2D eigenvalue weighted by molar-refractivity contribution is 6.05. The van der Waals surface area contributed by atoms with Crippen LogP contribution >= 0.6 is 0 Å². The molecule has 0 aromatic heterocycles. The zero-order valence-electron chi connectivity index (χ0n) is 13.1. The Morgan fingerprint density at radius 3 is 1.96 bits per heavy atom. The topological polar surface area (TPSA) is 60.4 Å². The van der Waals surface area contributed by atoms with Crippen LogP contribution in [0.15, 0.2) is 54.6 Å². The summed E-state index contributed by atoms with van der Waals surface area (Å²) in [6.07, 6.45) is 0. The minimum Gasteiger partial charge on any atom is -0.457 e. The van der Waals surface area contributed by atoms with E-state index in [4.69, 9.17) is 4.74 Å². The van der Waals surface area contributed by atoms with E-state index in [1.807, 2.05) is 30.3 Å². The lowest BCUT2D eigenvalue weighted by molar-refractivity contribution is -0.126. The SMILES string of the molecule is CC(=O)C(C(C)=O)c1ccc(C(=O)OCc2ccccc2)cc1. The maximum absolute atomic E-state index is 12.0. The highest BCUT2D eigenvalue weighted by Gasteiger charge is 2.21. The molecule has 0 saturated heterocycles. The molecule has 2 aromatic rings. The van der Waals surface area contributed by atoms with Gasteiger partial charge in [0, 0.05) is 0 Å². The molecule has 0 aliphatic heterocycles. The number of carbonyl (C=O) groups excluding carboxylic acids is 3. The number of hydrogen-bond acceptors (Lipinski definition) is 4. The van der Waals surface area contributed by atoms with Crippen molar-refractivity contribution in [3.63, 3.8) is 0 Å². The van der Waals surface area contributed by atoms with Crippen molar-refractivity contribution in [3.8, 4) is 0 Å². The number of carbonyl (C=O) groups is 3. The molecule has 2 rings (SSSR count). The Balaban J connectivity index is 2.05. The van der Waals surface area contributed by atoms with Gasteiger partial charge in [0.2, 0.25) is 0 Å². The number of Topliss-reactive ketones (excluding diaryl/α,β-unsaturated/α-hetero) is 2. The maximum atomic E-state index is 12.0. The van der Waals surface area contributed by atoms with E-state index in [1.165, 1.54) is 13.8 Å². The lowest BCUT2D eigenvalue weighted by Gasteiger charge is -2.11. The van der Waals surface area contributed by atoms with Gasteiger partial charge in [0.1, 0.15) is 24.1 Å². The largest absolute Gasteiger partial charge is 0.457 e. The first-order valence-corrected chi connectivity index (χ1v) is 7.31. The Morgan fingerprint density at radius 1 is 0.870 bits per heavy atom. The Hall–Kier alpha value is -2.75. The molecule has 4 nitrogen and oxygen atoms in total. The molecule has 0 heterocycles. The molecule has 0 unspecified atom stereocenters. The first-order valence-electron chi connectivity index (χ1n) is 7.31. The number of esters is 1. The summed E-state index contributed by atoms with van der Waals surface area (Å²) < 4.78 is 5.24. The smallest absolute Gasteiger partial charge is 0.338 e. The number of rotatable bonds is 6. The molecule has 0 aliphatic rings. The van der Waals surface area contributed by atoms with Gasteiger partial charge in [0.05, 0.1) is 5.56 Å². The molecule has 0 N–H and O–H groups in total. The highest BCUT2D eigenvalue weighted by Crippen LogP contribution is 2.19. The molecule has 118 valence electrons. The van der Waals surface area contributed by atoms with Crippen molar-refractivity contribution in [2.24, 2.45) is 0 Å². The summed E-state index contributed by atoms with van der Waals surface area (Å²) in [5.41, 5.74) is 1.88. The summed E-state index contributed by atoms with van der Waals surface area (Å²) >= 11 is 0. The predicted molar refractivity (Wildman–Crippen MR) is 86.1 cm³/mol. The fourth-order valence-corrected chi connectivity index (χ4v) is 2.37. The standard InChI is InChI=1S/C19H18O4/c1-13(20)18(14(2)21)16-8-10-17(11-9-16)19(22)23-12-15-6-4-3-5-7-15/h3-11,18H,12H2,1-2H3. The van der Waals surface area contributed by atoms with Gasteiger partial charge in [0.25, 0.3) is 0 Å². The first kappa shape index (κ1) is 16.6. The fourth-order valence-electron chi connectivity index (χ4n) is 2.37. The van der Waals surface area contributed by atoms with E-state index in [9.17, 15) is 14.4 Å². The summed E-state index contributed by atoms with van der Waals surface area (Å²) in [4.78, 5) is 35.1. The average molecular weight is 310 g/mol. The van der Waals surface area contributed by atoms with Crippen molar-refractivity contribution in [1.82, 2.24) is 0 Å². The zero-order chi connectivity index (χ0) is 16.8. The Kier molecular flexibility index (Phi) is 5.41. The minimum atomic E-state index is -0.774. The van der Waals surface area contributed by atoms with Crippen LogP contribution < -0.4 is 0 Å². The van der Waals surface area contributed by atoms with Crippen LogP contribution in [0.1, 0.15) is 41.3 Å². The second kappa shape index (κ2) is 7.49. The molecule has 4 heteroatoms. The van der Waals surface area contributed by atoms with Crippen LogP contribution in [0.4, 0.5) is 0 Å². The van der Waals surface area contributed by atoms with Crippen LogP contribution in [0.5, 0.6) is 0 Å². The van der Waals surface area contributed by atoms with Gasteiger partial charge in [-0.15, -0.1) is 0 Å². The van der Waals surface area contributed by atoms with E-state index >= 15 is 0 Å². The quantitative estimate of drug-likeness (QED) is 0.606. The van der Waals surface area contributed by atoms with Crippen LogP contribution in [0.3, 0.4) is 0 Å². The average Bonchev–Trinajstić information content (AvgIpc) is 2.53. The number of ether oxygens (including phenoxy) is 1. The lowest BCUT2D eigenvalue weighted by Crippen LogP contribution is -2.17. The van der Waals surface area contributed by atoms with Crippen molar-refractivity contribution in [3.05, 3.63) is 71.3 Å². The lowest BCUT2D eigenvalue weighted by atomic mass is 9.91. The Labute approximate surface area is 135 Å². The van der Waals surface area contributed by atoms with Crippen molar-refractivity contribution < 1.29 is 19.1 Å². The highest BCUT2D eigenvalue weighted by atomic mass is 16.5. The zero-order valence-corrected chi connectivity index (χ0v) is 13.1. The van der Waals surface area contributed by atoms with Crippen LogP contribution in [-0.2, 0) is 20.9 Å². The molecule has 0 bridgehead atoms. The van der Waals surface area contributed by atoms with Crippen molar-refractivity contribution in [1.29, 1.82) is 0 Å². The van der Waals surface area contributed by atoms with Gasteiger partial charge in [-0.3, -0.25) is 9.59 Å². The molecular weight excluding hydrogens is 292 g/mol. The molecule has 2 aromatic carbocycles. The monoisotopic (exact) mass is 310 g/mol. The third-order valence-electron chi connectivity index (χ3n) is 3.51. The van der Waals surface area contributed by atoms with Crippen molar-refractivity contribution in [2.45, 2.75) is 26.4 Å². The molecule has 0 atom stereocenters. The maximum Gasteiger partial charge on any atom is 0.338 e. The van der Waals surface area contributed by atoms with Gasteiger partial charge in [-0.05, 0) is 37.1 Å². The minimum absolute atomic E-state index is 0.199. The molecule has 0 spiro atoms. The molecule has 0 aliphatic carbocycles. The second-order valence-electron chi connectivity index (χ2n) is 5.34. The summed E-state index contributed by atoms with van der Waals surface area (Å²) in [7, 11) is 0. The van der Waals surface area contributed by atoms with Crippen LogP contribution in [0, 0.1) is 0 Å². The van der Waals surface area contributed by atoms with E-state index < -0.39 is 11.9 Å². The second-order valence-corrected chi connectivity index (χ2v) is 5.34. The van der Waals surface area contributed by atoms with Gasteiger partial charge in [0.15, 0.2) is 0 Å². The molecular formula is C19H18O4. The summed E-state index contributed by atoms with van der Waals surface area (Å²) in [6, 6.07) is 15.8. The van der Waals surface area contributed by atoms with Crippen LogP contribution in [0.2, 0.25) is 0 Å². The van der Waals surface area contributed by atoms with Crippen LogP contribution in [-0.4, -0.2) is 17.5 Å².